The first-order chi connectivity index (χ1) is 36.9. The normalized spacial score (nSPS) is 16.3. The van der Waals surface area contributed by atoms with Crippen LogP contribution in [-0.2, 0) is 55.7 Å². The van der Waals surface area contributed by atoms with Crippen LogP contribution in [0.15, 0.2) is 40.9 Å². The Balaban J connectivity index is 2.32. The average molecular weight is 1110 g/mol. The molecule has 1 heterocycles. The molecule has 2 rings (SSSR count). The van der Waals surface area contributed by atoms with Crippen LogP contribution in [-0.4, -0.2) is 168 Å². The van der Waals surface area contributed by atoms with E-state index in [1.165, 1.54) is 19.1 Å². The number of Topliss-reactive ketones (excluding diaryl/α,β-unsaturated/α-hetero) is 1. The van der Waals surface area contributed by atoms with Gasteiger partial charge < -0.3 is 87.1 Å². The van der Waals surface area contributed by atoms with Gasteiger partial charge in [-0.15, -0.1) is 0 Å². The third-order valence-electron chi connectivity index (χ3n) is 12.6. The summed E-state index contributed by atoms with van der Waals surface area (Å²) in [7, 11) is 0. The zero-order valence-electron chi connectivity index (χ0n) is 44.0. The fraction of sp³-hybridized carbons (Fsp3) is 0.633. The molecule has 22 N–H and O–H groups in total. The van der Waals surface area contributed by atoms with Crippen molar-refractivity contribution in [1.29, 1.82) is 0 Å². The summed E-state index contributed by atoms with van der Waals surface area (Å²) in [6.45, 7) is 0.814. The van der Waals surface area contributed by atoms with E-state index >= 15 is 0 Å². The van der Waals surface area contributed by atoms with Crippen molar-refractivity contribution >= 4 is 59.1 Å². The van der Waals surface area contributed by atoms with E-state index in [0.717, 1.165) is 23.1 Å². The Labute approximate surface area is 450 Å². The predicted molar refractivity (Wildman–Crippen MR) is 281 cm³/mol. The number of likely N-dealkylation sites (tertiary alicyclic amines) is 1. The smallest absolute Gasteiger partial charge is 0.416 e. The highest BCUT2D eigenvalue weighted by atomic mass is 19.4. The van der Waals surface area contributed by atoms with Crippen molar-refractivity contribution in [2.75, 3.05) is 45.8 Å². The number of carboxylic acids is 1. The van der Waals surface area contributed by atoms with Gasteiger partial charge in [0.2, 0.25) is 41.4 Å². The first-order valence-corrected chi connectivity index (χ1v) is 25.9. The number of aliphatic carboxylic acids is 1. The zero-order chi connectivity index (χ0) is 58.5. The number of nitrogens with one attached hydrogen (secondary N) is 6. The number of nitrogens with zero attached hydrogens (tertiary/aromatic N) is 2. The van der Waals surface area contributed by atoms with Gasteiger partial charge in [0, 0.05) is 38.0 Å². The molecule has 0 unspecified atom stereocenters. The van der Waals surface area contributed by atoms with Gasteiger partial charge in [-0.1, -0.05) is 30.7 Å². The minimum absolute atomic E-state index is 0.00650. The maximum Gasteiger partial charge on any atom is 0.416 e. The number of carbonyl (C=O) groups excluding carboxylic acids is 8. The molecule has 26 nitrogen and oxygen atoms in total. The molecule has 1 aliphatic heterocycles. The average Bonchev–Trinajstić information content (AvgIpc) is 3.90. The number of hydrogen-bond acceptors (Lipinski definition) is 16. The lowest BCUT2D eigenvalue weighted by Gasteiger charge is -2.30. The summed E-state index contributed by atoms with van der Waals surface area (Å²) < 4.78 is 42.9. The van der Waals surface area contributed by atoms with Gasteiger partial charge in [-0.3, -0.25) is 43.3 Å². The maximum atomic E-state index is 14.3. The zero-order valence-corrected chi connectivity index (χ0v) is 44.0. The third-order valence-corrected chi connectivity index (χ3v) is 12.6. The van der Waals surface area contributed by atoms with Gasteiger partial charge >= 0.3 is 12.1 Å². The highest BCUT2D eigenvalue weighted by Gasteiger charge is 2.41. The van der Waals surface area contributed by atoms with Crippen LogP contribution in [0.5, 0.6) is 0 Å². The predicted octanol–water partition coefficient (Wildman–Crippen LogP) is -3.53. The lowest BCUT2D eigenvalue weighted by molar-refractivity contribution is -0.142. The van der Waals surface area contributed by atoms with Crippen LogP contribution in [0.2, 0.25) is 0 Å². The molecule has 1 aliphatic rings. The second kappa shape index (κ2) is 34.9. The van der Waals surface area contributed by atoms with E-state index in [1.807, 2.05) is 0 Å². The number of alkyl halides is 3. The molecule has 0 aromatic heterocycles. The van der Waals surface area contributed by atoms with Crippen molar-refractivity contribution in [2.24, 2.45) is 45.1 Å². The monoisotopic (exact) mass is 1110 g/mol. The number of amides is 7. The maximum absolute atomic E-state index is 14.3. The lowest BCUT2D eigenvalue weighted by atomic mass is 9.96. The van der Waals surface area contributed by atoms with Gasteiger partial charge in [0.25, 0.3) is 0 Å². The summed E-state index contributed by atoms with van der Waals surface area (Å²) >= 11 is 0. The van der Waals surface area contributed by atoms with Crippen molar-refractivity contribution in [3.63, 3.8) is 0 Å². The largest absolute Gasteiger partial charge is 0.478 e. The molecule has 7 amide bonds. The minimum Gasteiger partial charge on any atom is -0.478 e. The summed E-state index contributed by atoms with van der Waals surface area (Å²) in [4.78, 5) is 126. The SMILES string of the molecule is C[C@H](NC(=O)[C@@H](NC(=O)[C@@H](N)CCCCN)[C@@H](O)CN)C(=O)NCC(=O)N[C@H](CCCN)C(=O)N1CCC[C@H]1C(=O)N[C@@H](Cc1ccccc1C(F)(F)F)C(=O)N[C@@H](CCCCN)C(=O)CC/C(=C\CCN=C(N)N)C(=O)O. The molecule has 1 aromatic carbocycles. The molecule has 8 atom stereocenters. The highest BCUT2D eigenvalue weighted by Crippen LogP contribution is 2.32. The van der Waals surface area contributed by atoms with Crippen LogP contribution in [0, 0.1) is 0 Å². The molecule has 1 fully saturated rings. The number of aliphatic imine (C=N–C) groups is 1. The van der Waals surface area contributed by atoms with Crippen LogP contribution in [0.25, 0.3) is 0 Å². The molecule has 0 saturated carbocycles. The van der Waals surface area contributed by atoms with Crippen molar-refractivity contribution in [3.05, 3.63) is 47.0 Å². The Bertz CT molecular complexity index is 2240. The van der Waals surface area contributed by atoms with E-state index < -0.39 is 133 Å². The fourth-order valence-corrected chi connectivity index (χ4v) is 8.30. The van der Waals surface area contributed by atoms with Crippen molar-refractivity contribution in [3.8, 4) is 0 Å². The molecule has 0 spiro atoms. The van der Waals surface area contributed by atoms with Gasteiger partial charge in [0.15, 0.2) is 11.7 Å². The number of carbonyl (C=O) groups is 9. The molecule has 1 saturated heterocycles. The molecule has 0 bridgehead atoms. The quantitative estimate of drug-likeness (QED) is 0.0134. The number of halogens is 3. The first kappa shape index (κ1) is 67.3. The molecular formula is C49H80F3N15O11. The number of benzene rings is 1. The van der Waals surface area contributed by atoms with Crippen LogP contribution >= 0.6 is 0 Å². The van der Waals surface area contributed by atoms with Crippen LogP contribution in [0.3, 0.4) is 0 Å². The van der Waals surface area contributed by atoms with E-state index in [9.17, 15) is 66.5 Å². The number of guanidine groups is 1. The second-order valence-corrected chi connectivity index (χ2v) is 18.7. The lowest BCUT2D eigenvalue weighted by Crippen LogP contribution is -2.60. The van der Waals surface area contributed by atoms with Crippen molar-refractivity contribution < 1.29 is 66.5 Å². The van der Waals surface area contributed by atoms with Gasteiger partial charge in [-0.25, -0.2) is 4.79 Å². The summed E-state index contributed by atoms with van der Waals surface area (Å²) in [5, 5.41) is 34.8. The number of unbranched alkanes of at least 4 members (excludes halogenated alkanes) is 2. The highest BCUT2D eigenvalue weighted by molar-refractivity contribution is 5.98. The van der Waals surface area contributed by atoms with Gasteiger partial charge in [-0.2, -0.15) is 13.2 Å². The first-order valence-electron chi connectivity index (χ1n) is 25.9. The number of ketones is 1. The molecular weight excluding hydrogens is 1030 g/mol. The summed E-state index contributed by atoms with van der Waals surface area (Å²) in [6, 6.07) is -5.27. The Kier molecular flexibility index (Phi) is 30.1. The summed E-state index contributed by atoms with van der Waals surface area (Å²) in [5.41, 5.74) is 37.4. The van der Waals surface area contributed by atoms with E-state index in [-0.39, 0.29) is 101 Å². The standard InChI is InChI=1S/C49H80F3N15O11/c1-28(62-45(75)40(38(69)26-56)66-42(72)32(57)14-4-6-20-53)41(71)61-27-39(70)63-34(16-8-22-55)46(76)67-24-10-17-36(67)44(74)65-35(25-30-11-2-3-13-31(30)49(50,51)52)43(73)64-33(15-5-7-21-54)37(68)19-18-29(47(77)78)12-9-23-60-48(58)59/h2-3,11-13,28,32-36,38,40,69H,4-10,14-27,53-57H2,1H3,(H,61,71)(H,62,75)(H,63,70)(H,64,73)(H,65,74)(H,66,72)(H,77,78)(H4,58,59,60)/b29-12+/t28-,32-,33-,34+,35-,36-,38-,40-/m0/s1. The molecule has 0 aliphatic carbocycles. The molecule has 78 heavy (non-hydrogen) atoms. The Morgan fingerprint density at radius 3 is 2.04 bits per heavy atom. The summed E-state index contributed by atoms with van der Waals surface area (Å²) in [5.74, 6) is -8.37. The van der Waals surface area contributed by atoms with Crippen LogP contribution < -0.4 is 72.0 Å². The topological polar surface area (TPSA) is 464 Å². The number of aliphatic hydroxyl groups is 1. The van der Waals surface area contributed by atoms with Crippen LogP contribution in [0.1, 0.15) is 102 Å². The number of rotatable bonds is 36. The summed E-state index contributed by atoms with van der Waals surface area (Å²) in [6.07, 6.45) is -3.79. The Morgan fingerprint density at radius 1 is 0.782 bits per heavy atom. The Hall–Kier alpha value is -6.79. The number of aliphatic hydroxyl groups excluding tert-OH is 1. The van der Waals surface area contributed by atoms with E-state index in [1.54, 1.807) is 0 Å². The molecule has 29 heteroatoms. The molecule has 0 radical (unpaired) electrons. The molecule has 438 valence electrons. The van der Waals surface area contributed by atoms with E-state index in [0.29, 0.717) is 32.2 Å². The van der Waals surface area contributed by atoms with Crippen molar-refractivity contribution in [2.45, 2.75) is 151 Å². The van der Waals surface area contributed by atoms with Gasteiger partial charge in [0.1, 0.15) is 30.2 Å². The molecule has 1 aromatic rings. The van der Waals surface area contributed by atoms with Crippen LogP contribution in [0.4, 0.5) is 13.2 Å². The number of nitrogens with two attached hydrogens (primary N) is 7. The van der Waals surface area contributed by atoms with Gasteiger partial charge in [-0.05, 0) is 109 Å². The third kappa shape index (κ3) is 23.4. The van der Waals surface area contributed by atoms with Crippen molar-refractivity contribution in [1.82, 2.24) is 36.8 Å². The Morgan fingerprint density at radius 2 is 1.42 bits per heavy atom. The van der Waals surface area contributed by atoms with E-state index in [2.05, 4.69) is 36.9 Å². The number of carboxylic acid groups (broad SMARTS) is 1. The van der Waals surface area contributed by atoms with Gasteiger partial charge in [0.05, 0.1) is 30.3 Å². The van der Waals surface area contributed by atoms with E-state index in [4.69, 9.17) is 40.1 Å². The fourth-order valence-electron chi connectivity index (χ4n) is 8.30. The number of hydrogen-bond donors (Lipinski definition) is 15. The second-order valence-electron chi connectivity index (χ2n) is 18.7. The minimum atomic E-state index is -4.88.